The van der Waals surface area contributed by atoms with Gasteiger partial charge in [-0.2, -0.15) is 0 Å². The van der Waals surface area contributed by atoms with Crippen molar-refractivity contribution in [3.05, 3.63) is 23.8 Å². The molecule has 1 heterocycles. The molecule has 1 atom stereocenters. The maximum atomic E-state index is 6.08. The molecule has 3 heteroatoms. The van der Waals surface area contributed by atoms with Gasteiger partial charge in [0.2, 0.25) is 0 Å². The number of likely N-dealkylation sites (N-methyl/N-ethyl adjacent to an activating group) is 2. The van der Waals surface area contributed by atoms with E-state index in [1.54, 1.807) is 0 Å². The lowest BCUT2D eigenvalue weighted by Crippen LogP contribution is -2.45. The molecule has 1 saturated heterocycles. The topological polar surface area (TPSA) is 32.5 Å². The summed E-state index contributed by atoms with van der Waals surface area (Å²) in [5.74, 6) is 0. The van der Waals surface area contributed by atoms with Crippen LogP contribution >= 0.6 is 0 Å². The van der Waals surface area contributed by atoms with Gasteiger partial charge in [-0.3, -0.25) is 0 Å². The fraction of sp³-hybridized carbons (Fsp3) is 0.571. The predicted molar refractivity (Wildman–Crippen MR) is 74.5 cm³/mol. The molecule has 17 heavy (non-hydrogen) atoms. The van der Waals surface area contributed by atoms with E-state index >= 15 is 0 Å². The van der Waals surface area contributed by atoms with E-state index in [1.807, 2.05) is 6.07 Å². The molecular formula is C14H23N3. The van der Waals surface area contributed by atoms with E-state index in [1.165, 1.54) is 30.6 Å². The van der Waals surface area contributed by atoms with Crippen LogP contribution in [0.15, 0.2) is 18.2 Å². The first-order valence-corrected chi connectivity index (χ1v) is 6.35. The first-order chi connectivity index (χ1) is 8.08. The Bertz CT molecular complexity index is 389. The maximum Gasteiger partial charge on any atom is 0.0602 e. The van der Waals surface area contributed by atoms with Gasteiger partial charge in [0.1, 0.15) is 0 Å². The Morgan fingerprint density at radius 2 is 2.18 bits per heavy atom. The average Bonchev–Trinajstić information content (AvgIpc) is 2.31. The van der Waals surface area contributed by atoms with Gasteiger partial charge in [0.05, 0.1) is 11.4 Å². The van der Waals surface area contributed by atoms with E-state index in [9.17, 15) is 0 Å². The lowest BCUT2D eigenvalue weighted by molar-refractivity contribution is 0.248. The summed E-state index contributed by atoms with van der Waals surface area (Å²) in [6.45, 7) is 4.46. The third-order valence-corrected chi connectivity index (χ3v) is 3.71. The zero-order chi connectivity index (χ0) is 12.4. The molecule has 1 aromatic rings. The second kappa shape index (κ2) is 4.96. The van der Waals surface area contributed by atoms with Gasteiger partial charge >= 0.3 is 0 Å². The van der Waals surface area contributed by atoms with E-state index in [-0.39, 0.29) is 0 Å². The summed E-state index contributed by atoms with van der Waals surface area (Å²) < 4.78 is 0. The van der Waals surface area contributed by atoms with Crippen LogP contribution in [0.25, 0.3) is 0 Å². The Labute approximate surface area is 104 Å². The Hall–Kier alpha value is -1.22. The Morgan fingerprint density at radius 3 is 2.88 bits per heavy atom. The zero-order valence-electron chi connectivity index (χ0n) is 11.1. The van der Waals surface area contributed by atoms with Gasteiger partial charge in [0.25, 0.3) is 0 Å². The van der Waals surface area contributed by atoms with Crippen LogP contribution in [0.4, 0.5) is 11.4 Å². The molecule has 2 N–H and O–H groups in total. The first kappa shape index (κ1) is 12.2. The molecule has 3 nitrogen and oxygen atoms in total. The molecule has 2 rings (SSSR count). The second-order valence-electron chi connectivity index (χ2n) is 5.23. The normalized spacial score (nSPS) is 21.5. The highest BCUT2D eigenvalue weighted by atomic mass is 15.2. The van der Waals surface area contributed by atoms with Crippen molar-refractivity contribution in [1.82, 2.24) is 4.90 Å². The molecule has 1 aliphatic heterocycles. The minimum absolute atomic E-state index is 0.581. The van der Waals surface area contributed by atoms with E-state index in [2.05, 4.69) is 43.0 Å². The number of likely N-dealkylation sites (tertiary alicyclic amines) is 1. The van der Waals surface area contributed by atoms with Crippen molar-refractivity contribution in [2.24, 2.45) is 0 Å². The van der Waals surface area contributed by atoms with Crippen molar-refractivity contribution in [3.63, 3.8) is 0 Å². The smallest absolute Gasteiger partial charge is 0.0602 e. The van der Waals surface area contributed by atoms with Crippen molar-refractivity contribution >= 4 is 11.4 Å². The van der Waals surface area contributed by atoms with Gasteiger partial charge in [0, 0.05) is 19.6 Å². The number of aryl methyl sites for hydroxylation is 1. The van der Waals surface area contributed by atoms with Crippen LogP contribution in [0.1, 0.15) is 18.4 Å². The Kier molecular flexibility index (Phi) is 3.57. The van der Waals surface area contributed by atoms with Crippen LogP contribution in [0.5, 0.6) is 0 Å². The van der Waals surface area contributed by atoms with E-state index < -0.39 is 0 Å². The molecule has 0 spiro atoms. The number of piperidine rings is 1. The third-order valence-electron chi connectivity index (χ3n) is 3.71. The van der Waals surface area contributed by atoms with Crippen molar-refractivity contribution in [2.75, 3.05) is 37.8 Å². The molecule has 1 unspecified atom stereocenters. The van der Waals surface area contributed by atoms with Gasteiger partial charge in [-0.15, -0.1) is 0 Å². The van der Waals surface area contributed by atoms with E-state index in [0.717, 1.165) is 12.2 Å². The molecular weight excluding hydrogens is 210 g/mol. The summed E-state index contributed by atoms with van der Waals surface area (Å²) in [5, 5.41) is 0. The lowest BCUT2D eigenvalue weighted by Gasteiger charge is -2.37. The summed E-state index contributed by atoms with van der Waals surface area (Å²) in [5.41, 5.74) is 9.40. The van der Waals surface area contributed by atoms with Crippen molar-refractivity contribution in [1.29, 1.82) is 0 Å². The van der Waals surface area contributed by atoms with Crippen LogP contribution in [-0.4, -0.2) is 38.1 Å². The molecule has 1 aromatic carbocycles. The zero-order valence-corrected chi connectivity index (χ0v) is 11.1. The third kappa shape index (κ3) is 2.72. The predicted octanol–water partition coefficient (Wildman–Crippen LogP) is 2.11. The molecule has 0 bridgehead atoms. The van der Waals surface area contributed by atoms with Crippen LogP contribution in [-0.2, 0) is 0 Å². The lowest BCUT2D eigenvalue weighted by atomic mass is 10.0. The van der Waals surface area contributed by atoms with Crippen LogP contribution in [0.3, 0.4) is 0 Å². The second-order valence-corrected chi connectivity index (χ2v) is 5.23. The largest absolute Gasteiger partial charge is 0.397 e. The molecule has 0 radical (unpaired) electrons. The Balaban J connectivity index is 2.18. The number of hydrogen-bond acceptors (Lipinski definition) is 3. The highest BCUT2D eigenvalue weighted by molar-refractivity contribution is 5.68. The summed E-state index contributed by atoms with van der Waals surface area (Å²) in [4.78, 5) is 4.74. The van der Waals surface area contributed by atoms with Crippen LogP contribution in [0, 0.1) is 6.92 Å². The summed E-state index contributed by atoms with van der Waals surface area (Å²) in [7, 11) is 4.36. The molecule has 1 fully saturated rings. The van der Waals surface area contributed by atoms with Crippen molar-refractivity contribution in [3.8, 4) is 0 Å². The summed E-state index contributed by atoms with van der Waals surface area (Å²) in [6.07, 6.45) is 2.53. The van der Waals surface area contributed by atoms with Gasteiger partial charge in [-0.25, -0.2) is 0 Å². The number of hydrogen-bond donors (Lipinski definition) is 1. The molecule has 94 valence electrons. The highest BCUT2D eigenvalue weighted by Crippen LogP contribution is 2.27. The average molecular weight is 233 g/mol. The molecule has 0 aliphatic carbocycles. The number of anilines is 2. The minimum Gasteiger partial charge on any atom is -0.397 e. The molecule has 0 aromatic heterocycles. The monoisotopic (exact) mass is 233 g/mol. The fourth-order valence-electron chi connectivity index (χ4n) is 2.61. The molecule has 0 amide bonds. The van der Waals surface area contributed by atoms with Crippen molar-refractivity contribution < 1.29 is 0 Å². The number of benzene rings is 1. The number of nitrogen functional groups attached to an aromatic ring is 1. The van der Waals surface area contributed by atoms with Gasteiger partial charge in [-0.1, -0.05) is 6.07 Å². The van der Waals surface area contributed by atoms with Gasteiger partial charge in [0.15, 0.2) is 0 Å². The standard InChI is InChI=1S/C14H23N3/c1-11-6-7-13(15)14(9-11)17(3)12-5-4-8-16(2)10-12/h6-7,9,12H,4-5,8,10,15H2,1-3H3. The Morgan fingerprint density at radius 1 is 1.41 bits per heavy atom. The highest BCUT2D eigenvalue weighted by Gasteiger charge is 2.22. The van der Waals surface area contributed by atoms with E-state index in [0.29, 0.717) is 6.04 Å². The first-order valence-electron chi connectivity index (χ1n) is 6.35. The van der Waals surface area contributed by atoms with Crippen LogP contribution in [0.2, 0.25) is 0 Å². The number of rotatable bonds is 2. The number of nitrogens with zero attached hydrogens (tertiary/aromatic N) is 2. The van der Waals surface area contributed by atoms with Gasteiger partial charge in [-0.05, 0) is 51.1 Å². The molecule has 1 aliphatic rings. The molecule has 0 saturated carbocycles. The fourth-order valence-corrected chi connectivity index (χ4v) is 2.61. The summed E-state index contributed by atoms with van der Waals surface area (Å²) in [6, 6.07) is 6.84. The van der Waals surface area contributed by atoms with E-state index in [4.69, 9.17) is 5.73 Å². The number of nitrogens with two attached hydrogens (primary N) is 1. The van der Waals surface area contributed by atoms with Gasteiger partial charge < -0.3 is 15.5 Å². The minimum atomic E-state index is 0.581. The van der Waals surface area contributed by atoms with Crippen molar-refractivity contribution in [2.45, 2.75) is 25.8 Å². The maximum absolute atomic E-state index is 6.08. The van der Waals surface area contributed by atoms with Crippen LogP contribution < -0.4 is 10.6 Å². The quantitative estimate of drug-likeness (QED) is 0.794. The summed E-state index contributed by atoms with van der Waals surface area (Å²) >= 11 is 0. The SMILES string of the molecule is Cc1ccc(N)c(N(C)C2CCCN(C)C2)c1.